The molecule has 0 saturated heterocycles. The lowest BCUT2D eigenvalue weighted by atomic mass is 9.94. The minimum absolute atomic E-state index is 0.221. The Morgan fingerprint density at radius 1 is 1.14 bits per heavy atom. The number of methoxy groups -OCH3 is 1. The summed E-state index contributed by atoms with van der Waals surface area (Å²) in [5.74, 6) is 0.911. The molecule has 0 saturated carbocycles. The molecule has 0 amide bonds. The maximum atomic E-state index is 6.01. The monoisotopic (exact) mass is 293 g/mol. The Balaban J connectivity index is 3.04. The Morgan fingerprint density at radius 2 is 1.90 bits per heavy atom. The Bertz CT molecular complexity index is 400. The van der Waals surface area contributed by atoms with Crippen molar-refractivity contribution in [3.05, 3.63) is 29.3 Å². The van der Waals surface area contributed by atoms with Gasteiger partial charge in [0.1, 0.15) is 5.75 Å². The van der Waals surface area contributed by atoms with Gasteiger partial charge in [-0.15, -0.1) is 0 Å². The highest BCUT2D eigenvalue weighted by Crippen LogP contribution is 2.28. The molecule has 21 heavy (non-hydrogen) atoms. The van der Waals surface area contributed by atoms with Crippen LogP contribution in [-0.4, -0.2) is 26.4 Å². The number of hydrogen-bond acceptors (Lipinski definition) is 3. The van der Waals surface area contributed by atoms with E-state index in [2.05, 4.69) is 45.1 Å². The fourth-order valence-electron chi connectivity index (χ4n) is 2.71. The molecular weight excluding hydrogens is 262 g/mol. The molecule has 1 rings (SSSR count). The molecule has 120 valence electrons. The highest BCUT2D eigenvalue weighted by molar-refractivity contribution is 5.37. The van der Waals surface area contributed by atoms with Gasteiger partial charge in [0.15, 0.2) is 0 Å². The number of ether oxygens (including phenoxy) is 2. The van der Waals surface area contributed by atoms with E-state index in [9.17, 15) is 0 Å². The molecule has 0 aliphatic carbocycles. The number of benzene rings is 1. The maximum absolute atomic E-state index is 6.01. The van der Waals surface area contributed by atoms with Crippen LogP contribution in [0.25, 0.3) is 0 Å². The normalized spacial score (nSPS) is 14.0. The predicted octanol–water partition coefficient (Wildman–Crippen LogP) is 4.25. The minimum atomic E-state index is 0.221. The topological polar surface area (TPSA) is 30.5 Å². The second-order valence-electron chi connectivity index (χ2n) is 5.44. The van der Waals surface area contributed by atoms with Crippen LogP contribution in [0.15, 0.2) is 18.2 Å². The molecule has 2 atom stereocenters. The van der Waals surface area contributed by atoms with E-state index < -0.39 is 0 Å². The standard InChI is InChI=1S/C18H31NO2/c1-6-9-17(21-8-3)18(19-12-7-2)16-11-10-15(20-5)13-14(16)4/h10-11,13,17-19H,6-9,12H2,1-5H3. The predicted molar refractivity (Wildman–Crippen MR) is 89.1 cm³/mol. The zero-order chi connectivity index (χ0) is 15.7. The summed E-state index contributed by atoms with van der Waals surface area (Å²) in [6.45, 7) is 10.4. The molecule has 0 aromatic heterocycles. The third-order valence-electron chi connectivity index (χ3n) is 3.75. The number of rotatable bonds is 10. The van der Waals surface area contributed by atoms with Crippen molar-refractivity contribution < 1.29 is 9.47 Å². The Labute approximate surface area is 130 Å². The number of nitrogens with one attached hydrogen (secondary N) is 1. The third kappa shape index (κ3) is 5.33. The largest absolute Gasteiger partial charge is 0.497 e. The summed E-state index contributed by atoms with van der Waals surface area (Å²) in [5, 5.41) is 3.67. The van der Waals surface area contributed by atoms with E-state index in [1.54, 1.807) is 7.11 Å². The van der Waals surface area contributed by atoms with Crippen LogP contribution in [0.5, 0.6) is 5.75 Å². The van der Waals surface area contributed by atoms with Crippen LogP contribution < -0.4 is 10.1 Å². The van der Waals surface area contributed by atoms with E-state index in [1.165, 1.54) is 11.1 Å². The van der Waals surface area contributed by atoms with Gasteiger partial charge in [0, 0.05) is 6.61 Å². The molecule has 0 aliphatic heterocycles. The lowest BCUT2D eigenvalue weighted by Crippen LogP contribution is -2.35. The average molecular weight is 293 g/mol. The summed E-state index contributed by atoms with van der Waals surface area (Å²) >= 11 is 0. The van der Waals surface area contributed by atoms with Crippen LogP contribution in [0, 0.1) is 6.92 Å². The van der Waals surface area contributed by atoms with Crippen molar-refractivity contribution in [3.8, 4) is 5.75 Å². The van der Waals surface area contributed by atoms with E-state index in [0.717, 1.165) is 38.2 Å². The van der Waals surface area contributed by atoms with E-state index in [0.29, 0.717) is 0 Å². The fraction of sp³-hybridized carbons (Fsp3) is 0.667. The van der Waals surface area contributed by atoms with Gasteiger partial charge in [0.25, 0.3) is 0 Å². The van der Waals surface area contributed by atoms with Crippen molar-refractivity contribution in [2.75, 3.05) is 20.3 Å². The molecule has 0 bridgehead atoms. The summed E-state index contributed by atoms with van der Waals surface area (Å²) in [6, 6.07) is 6.56. The van der Waals surface area contributed by atoms with Gasteiger partial charge in [-0.25, -0.2) is 0 Å². The Kier molecular flexibility index (Phi) is 8.40. The zero-order valence-electron chi connectivity index (χ0n) is 14.2. The molecule has 3 nitrogen and oxygen atoms in total. The van der Waals surface area contributed by atoms with E-state index in [4.69, 9.17) is 9.47 Å². The van der Waals surface area contributed by atoms with Crippen LogP contribution >= 0.6 is 0 Å². The average Bonchev–Trinajstić information content (AvgIpc) is 2.49. The molecule has 0 radical (unpaired) electrons. The summed E-state index contributed by atoms with van der Waals surface area (Å²) < 4.78 is 11.3. The van der Waals surface area contributed by atoms with Gasteiger partial charge in [-0.05, 0) is 56.5 Å². The Hall–Kier alpha value is -1.06. The van der Waals surface area contributed by atoms with Crippen LogP contribution in [0.3, 0.4) is 0 Å². The van der Waals surface area contributed by atoms with Gasteiger partial charge < -0.3 is 14.8 Å². The van der Waals surface area contributed by atoms with E-state index in [1.807, 2.05) is 6.07 Å². The van der Waals surface area contributed by atoms with Crippen molar-refractivity contribution in [2.24, 2.45) is 0 Å². The first-order valence-corrected chi connectivity index (χ1v) is 8.17. The van der Waals surface area contributed by atoms with E-state index in [-0.39, 0.29) is 12.1 Å². The van der Waals surface area contributed by atoms with Crippen molar-refractivity contribution in [1.29, 1.82) is 0 Å². The smallest absolute Gasteiger partial charge is 0.119 e. The van der Waals surface area contributed by atoms with Gasteiger partial charge in [-0.3, -0.25) is 0 Å². The quantitative estimate of drug-likeness (QED) is 0.699. The van der Waals surface area contributed by atoms with Crippen LogP contribution in [0.1, 0.15) is 57.2 Å². The molecule has 0 fully saturated rings. The minimum Gasteiger partial charge on any atom is -0.497 e. The molecule has 0 aliphatic rings. The summed E-state index contributed by atoms with van der Waals surface area (Å²) in [4.78, 5) is 0. The zero-order valence-corrected chi connectivity index (χ0v) is 14.2. The van der Waals surface area contributed by atoms with Crippen LogP contribution in [0.2, 0.25) is 0 Å². The van der Waals surface area contributed by atoms with E-state index >= 15 is 0 Å². The lowest BCUT2D eigenvalue weighted by Gasteiger charge is -2.29. The molecule has 0 spiro atoms. The van der Waals surface area contributed by atoms with Gasteiger partial charge in [0.2, 0.25) is 0 Å². The first kappa shape index (κ1) is 18.0. The van der Waals surface area contributed by atoms with Crippen molar-refractivity contribution >= 4 is 0 Å². The highest BCUT2D eigenvalue weighted by atomic mass is 16.5. The summed E-state index contributed by atoms with van der Waals surface area (Å²) in [7, 11) is 1.71. The van der Waals surface area contributed by atoms with Gasteiger partial charge in [-0.1, -0.05) is 26.3 Å². The molecule has 1 aromatic rings. The second kappa shape index (κ2) is 9.80. The lowest BCUT2D eigenvalue weighted by molar-refractivity contribution is 0.0274. The van der Waals surface area contributed by atoms with Crippen molar-refractivity contribution in [2.45, 2.75) is 59.1 Å². The van der Waals surface area contributed by atoms with Crippen molar-refractivity contribution in [3.63, 3.8) is 0 Å². The van der Waals surface area contributed by atoms with Crippen LogP contribution in [-0.2, 0) is 4.74 Å². The first-order valence-electron chi connectivity index (χ1n) is 8.17. The molecule has 3 heteroatoms. The maximum Gasteiger partial charge on any atom is 0.119 e. The molecule has 0 heterocycles. The first-order chi connectivity index (χ1) is 10.2. The fourth-order valence-corrected chi connectivity index (χ4v) is 2.71. The van der Waals surface area contributed by atoms with Gasteiger partial charge in [-0.2, -0.15) is 0 Å². The van der Waals surface area contributed by atoms with Crippen LogP contribution in [0.4, 0.5) is 0 Å². The molecule has 1 aromatic carbocycles. The Morgan fingerprint density at radius 3 is 2.43 bits per heavy atom. The molecular formula is C18H31NO2. The summed E-state index contributed by atoms with van der Waals surface area (Å²) in [5.41, 5.74) is 2.57. The number of aryl methyl sites for hydroxylation is 1. The molecule has 1 N–H and O–H groups in total. The molecule has 2 unspecified atom stereocenters. The SMILES string of the molecule is CCCNC(c1ccc(OC)cc1C)C(CCC)OCC. The van der Waals surface area contributed by atoms with Gasteiger partial charge >= 0.3 is 0 Å². The summed E-state index contributed by atoms with van der Waals surface area (Å²) in [6.07, 6.45) is 3.54. The van der Waals surface area contributed by atoms with Crippen molar-refractivity contribution in [1.82, 2.24) is 5.32 Å². The second-order valence-corrected chi connectivity index (χ2v) is 5.44. The van der Waals surface area contributed by atoms with Gasteiger partial charge in [0.05, 0.1) is 19.3 Å². The highest BCUT2D eigenvalue weighted by Gasteiger charge is 2.24. The number of hydrogen-bond donors (Lipinski definition) is 1. The third-order valence-corrected chi connectivity index (χ3v) is 3.75.